The summed E-state index contributed by atoms with van der Waals surface area (Å²) in [6, 6.07) is 0. The summed E-state index contributed by atoms with van der Waals surface area (Å²) in [6.07, 6.45) is 8.02. The zero-order valence-corrected chi connectivity index (χ0v) is 16.2. The van der Waals surface area contributed by atoms with E-state index in [1.54, 1.807) is 32.1 Å². The molecule has 4 heteroatoms. The van der Waals surface area contributed by atoms with Crippen LogP contribution in [0.1, 0.15) is 32.1 Å². The Morgan fingerprint density at radius 3 is 1.73 bits per heavy atom. The molecule has 0 aliphatic heterocycles. The summed E-state index contributed by atoms with van der Waals surface area (Å²) in [7, 11) is -0.236. The summed E-state index contributed by atoms with van der Waals surface area (Å²) in [4.78, 5) is 0. The maximum Gasteiger partial charge on any atom is 0.0269 e. The van der Waals surface area contributed by atoms with Crippen LogP contribution in [0.3, 0.4) is 0 Å². The van der Waals surface area contributed by atoms with E-state index in [1.165, 1.54) is 5.54 Å². The predicted molar refractivity (Wildman–Crippen MR) is 84.8 cm³/mol. The van der Waals surface area contributed by atoms with Crippen LogP contribution in [0.15, 0.2) is 0 Å². The third kappa shape index (κ3) is 2.76. The lowest BCUT2D eigenvalue weighted by Crippen LogP contribution is -2.66. The Morgan fingerprint density at radius 2 is 1.40 bits per heavy atom. The zero-order chi connectivity index (χ0) is 11.5. The molecule has 1 saturated carbocycles. The average molecular weight is 275 g/mol. The lowest BCUT2D eigenvalue weighted by atomic mass is 10.0. The van der Waals surface area contributed by atoms with Gasteiger partial charge in [0.2, 0.25) is 0 Å². The lowest BCUT2D eigenvalue weighted by molar-refractivity contribution is 0.499. The molecular weight excluding hydrogens is 244 g/mol. The minimum Gasteiger partial charge on any atom is -0.0770 e. The van der Waals surface area contributed by atoms with Crippen molar-refractivity contribution in [3.63, 3.8) is 0 Å². The molecule has 0 atom stereocenters. The van der Waals surface area contributed by atoms with E-state index >= 15 is 0 Å². The van der Waals surface area contributed by atoms with Gasteiger partial charge in [-0.05, 0) is 0 Å². The minimum atomic E-state index is -0.607. The molecule has 0 saturated heterocycles. The van der Waals surface area contributed by atoms with Gasteiger partial charge in [-0.1, -0.05) is 70.4 Å². The first-order chi connectivity index (χ1) is 7.05. The van der Waals surface area contributed by atoms with Gasteiger partial charge < -0.3 is 0 Å². The van der Waals surface area contributed by atoms with Crippen LogP contribution >= 0.6 is 0 Å². The quantitative estimate of drug-likeness (QED) is 0.692. The van der Waals surface area contributed by atoms with Crippen molar-refractivity contribution in [2.75, 3.05) is 0 Å². The number of rotatable bonds is 4. The summed E-state index contributed by atoms with van der Waals surface area (Å²) in [6.45, 7) is 12.9. The monoisotopic (exact) mass is 274 g/mol. The highest BCUT2D eigenvalue weighted by molar-refractivity contribution is 7.76. The molecule has 0 unspecified atom stereocenters. The second-order valence-corrected chi connectivity index (χ2v) is 40.5. The standard InChI is InChI=1S/C11H30Si4/c1-12-15(13(2)3,14(4)5)11-9-7-6-8-10-11/h11,13-14H,6-10,12H2,1-5H3. The molecule has 1 aliphatic carbocycles. The van der Waals surface area contributed by atoms with Crippen molar-refractivity contribution in [3.05, 3.63) is 0 Å². The highest BCUT2D eigenvalue weighted by Gasteiger charge is 2.45. The fourth-order valence-corrected chi connectivity index (χ4v) is 57.5. The molecular formula is C11H30Si4. The first kappa shape index (κ1) is 13.9. The first-order valence-corrected chi connectivity index (χ1v) is 21.1. The Morgan fingerprint density at radius 1 is 0.933 bits per heavy atom. The summed E-state index contributed by atoms with van der Waals surface area (Å²) in [5, 5.41) is 0. The SMILES string of the molecule is C[SiH2][Si](C1CCCCC1)([SiH](C)C)[SiH](C)C. The van der Waals surface area contributed by atoms with Crippen molar-refractivity contribution in [1.82, 2.24) is 0 Å². The zero-order valence-electron chi connectivity index (χ0n) is 11.5. The van der Waals surface area contributed by atoms with Gasteiger partial charge in [0.1, 0.15) is 0 Å². The lowest BCUT2D eigenvalue weighted by Gasteiger charge is -2.46. The van der Waals surface area contributed by atoms with Gasteiger partial charge in [-0.3, -0.25) is 0 Å². The molecule has 0 spiro atoms. The molecule has 0 amide bonds. The highest BCUT2D eigenvalue weighted by atomic mass is 29.9. The van der Waals surface area contributed by atoms with Crippen LogP contribution in [0.4, 0.5) is 0 Å². The van der Waals surface area contributed by atoms with Gasteiger partial charge in [0, 0.05) is 32.3 Å². The largest absolute Gasteiger partial charge is 0.0770 e. The Labute approximate surface area is 103 Å². The van der Waals surface area contributed by atoms with E-state index < -0.39 is 6.63 Å². The summed E-state index contributed by atoms with van der Waals surface area (Å²) in [5.41, 5.74) is 1.32. The molecule has 0 N–H and O–H groups in total. The van der Waals surface area contributed by atoms with Gasteiger partial charge in [-0.2, -0.15) is 0 Å². The molecule has 0 bridgehead atoms. The summed E-state index contributed by atoms with van der Waals surface area (Å²) >= 11 is 0. The Hall–Kier alpha value is 0.868. The summed E-state index contributed by atoms with van der Waals surface area (Å²) in [5.74, 6) is 0. The number of hydrogen-bond acceptors (Lipinski definition) is 0. The van der Waals surface area contributed by atoms with Crippen molar-refractivity contribution >= 4 is 32.3 Å². The molecule has 90 valence electrons. The van der Waals surface area contributed by atoms with Crippen LogP contribution in [0, 0.1) is 0 Å². The first-order valence-electron chi connectivity index (χ1n) is 7.05. The molecule has 0 heterocycles. The normalized spacial score (nSPS) is 21.0. The fourth-order valence-electron chi connectivity index (χ4n) is 4.35. The van der Waals surface area contributed by atoms with E-state index in [-0.39, 0.29) is 16.6 Å². The van der Waals surface area contributed by atoms with E-state index in [9.17, 15) is 0 Å². The predicted octanol–water partition coefficient (Wildman–Crippen LogP) is 2.61. The van der Waals surface area contributed by atoms with Gasteiger partial charge in [0.15, 0.2) is 0 Å². The Kier molecular flexibility index (Phi) is 5.55. The molecule has 1 rings (SSSR count). The average Bonchev–Trinajstić information content (AvgIpc) is 2.20. The van der Waals surface area contributed by atoms with E-state index in [0.717, 1.165) is 0 Å². The minimum absolute atomic E-state index is 0.290. The molecule has 15 heavy (non-hydrogen) atoms. The topological polar surface area (TPSA) is 0 Å². The second-order valence-electron chi connectivity index (χ2n) is 6.11. The van der Waals surface area contributed by atoms with Crippen LogP contribution in [-0.4, -0.2) is 32.3 Å². The van der Waals surface area contributed by atoms with Gasteiger partial charge in [0.05, 0.1) is 0 Å². The molecule has 0 radical (unpaired) electrons. The Balaban J connectivity index is 2.86. The summed E-state index contributed by atoms with van der Waals surface area (Å²) < 4.78 is 0. The van der Waals surface area contributed by atoms with E-state index in [2.05, 4.69) is 32.7 Å². The van der Waals surface area contributed by atoms with E-state index in [0.29, 0.717) is 9.04 Å². The molecule has 0 aromatic carbocycles. The van der Waals surface area contributed by atoms with Gasteiger partial charge in [-0.15, -0.1) is 0 Å². The molecule has 1 fully saturated rings. The van der Waals surface area contributed by atoms with Crippen LogP contribution in [-0.2, 0) is 0 Å². The smallest absolute Gasteiger partial charge is 0.0269 e. The molecule has 0 aromatic heterocycles. The second kappa shape index (κ2) is 5.98. The highest BCUT2D eigenvalue weighted by Crippen LogP contribution is 2.38. The van der Waals surface area contributed by atoms with Crippen LogP contribution in [0.2, 0.25) is 38.3 Å². The molecule has 0 aromatic rings. The van der Waals surface area contributed by atoms with Gasteiger partial charge >= 0.3 is 0 Å². The van der Waals surface area contributed by atoms with Crippen LogP contribution < -0.4 is 0 Å². The fraction of sp³-hybridized carbons (Fsp3) is 1.00. The van der Waals surface area contributed by atoms with Crippen LogP contribution in [0.5, 0.6) is 0 Å². The molecule has 0 nitrogen and oxygen atoms in total. The van der Waals surface area contributed by atoms with Gasteiger partial charge in [0.25, 0.3) is 0 Å². The maximum absolute atomic E-state index is 2.71. The van der Waals surface area contributed by atoms with Crippen LogP contribution in [0.25, 0.3) is 0 Å². The third-order valence-electron chi connectivity index (χ3n) is 5.13. The van der Waals surface area contributed by atoms with Crippen molar-refractivity contribution in [2.45, 2.75) is 70.4 Å². The van der Waals surface area contributed by atoms with Crippen molar-refractivity contribution in [3.8, 4) is 0 Å². The maximum atomic E-state index is 2.71. The van der Waals surface area contributed by atoms with Crippen molar-refractivity contribution in [2.24, 2.45) is 0 Å². The Bertz CT molecular complexity index is 177. The third-order valence-corrected chi connectivity index (χ3v) is 67.9. The van der Waals surface area contributed by atoms with E-state index in [1.807, 2.05) is 0 Å². The van der Waals surface area contributed by atoms with Gasteiger partial charge in [-0.25, -0.2) is 0 Å². The van der Waals surface area contributed by atoms with E-state index in [4.69, 9.17) is 0 Å². The number of hydrogen-bond donors (Lipinski definition) is 0. The van der Waals surface area contributed by atoms with Crippen molar-refractivity contribution < 1.29 is 0 Å². The molecule has 1 aliphatic rings. The van der Waals surface area contributed by atoms with Crippen molar-refractivity contribution in [1.29, 1.82) is 0 Å².